The van der Waals surface area contributed by atoms with Crippen LogP contribution in [-0.4, -0.2) is 17.6 Å². The average Bonchev–Trinajstić information content (AvgIpc) is 2.56. The number of nitrogens with one attached hydrogen (secondary N) is 1. The molecule has 24 heavy (non-hydrogen) atoms. The van der Waals surface area contributed by atoms with E-state index in [-0.39, 0.29) is 5.97 Å². The number of hydrogen-bond donors (Lipinski definition) is 1. The fourth-order valence-corrected chi connectivity index (χ4v) is 2.66. The lowest BCUT2D eigenvalue weighted by atomic mass is 10.1. The number of pyridine rings is 1. The zero-order valence-electron chi connectivity index (χ0n) is 14.1. The quantitative estimate of drug-likeness (QED) is 0.703. The van der Waals surface area contributed by atoms with E-state index in [1.165, 1.54) is 0 Å². The molecule has 0 aliphatic rings. The molecule has 4 nitrogen and oxygen atoms in total. The number of carbonyl (C=O) groups excluding carboxylic acids is 1. The van der Waals surface area contributed by atoms with Gasteiger partial charge in [-0.15, -0.1) is 0 Å². The van der Waals surface area contributed by atoms with Crippen LogP contribution in [0.1, 0.15) is 28.5 Å². The average molecular weight is 320 g/mol. The third-order valence-electron chi connectivity index (χ3n) is 3.86. The molecule has 1 heterocycles. The summed E-state index contributed by atoms with van der Waals surface area (Å²) in [4.78, 5) is 16.6. The number of aromatic nitrogens is 1. The van der Waals surface area contributed by atoms with Crippen LogP contribution in [0.5, 0.6) is 0 Å². The van der Waals surface area contributed by atoms with Crippen molar-refractivity contribution in [3.63, 3.8) is 0 Å². The van der Waals surface area contributed by atoms with Gasteiger partial charge in [0.15, 0.2) is 0 Å². The van der Waals surface area contributed by atoms with Crippen molar-refractivity contribution in [3.05, 3.63) is 65.4 Å². The first-order valence-corrected chi connectivity index (χ1v) is 7.99. The molecule has 0 bridgehead atoms. The molecule has 0 saturated heterocycles. The Kier molecular flexibility index (Phi) is 4.47. The maximum absolute atomic E-state index is 12.0. The third kappa shape index (κ3) is 3.23. The zero-order valence-corrected chi connectivity index (χ0v) is 14.1. The molecule has 0 atom stereocenters. The molecular weight excluding hydrogens is 300 g/mol. The Morgan fingerprint density at radius 3 is 2.62 bits per heavy atom. The molecule has 2 aromatic carbocycles. The topological polar surface area (TPSA) is 51.2 Å². The van der Waals surface area contributed by atoms with Crippen LogP contribution < -0.4 is 5.32 Å². The summed E-state index contributed by atoms with van der Waals surface area (Å²) in [6.07, 6.45) is 0. The van der Waals surface area contributed by atoms with Crippen molar-refractivity contribution in [1.29, 1.82) is 0 Å². The minimum atomic E-state index is -0.318. The number of esters is 1. The lowest BCUT2D eigenvalue weighted by molar-refractivity contribution is 0.0526. The van der Waals surface area contributed by atoms with Gasteiger partial charge in [-0.25, -0.2) is 4.79 Å². The molecule has 0 spiro atoms. The molecule has 0 fully saturated rings. The number of rotatable bonds is 4. The minimum Gasteiger partial charge on any atom is -0.462 e. The third-order valence-corrected chi connectivity index (χ3v) is 3.86. The zero-order chi connectivity index (χ0) is 17.1. The highest BCUT2D eigenvalue weighted by Gasteiger charge is 2.11. The molecule has 0 radical (unpaired) electrons. The van der Waals surface area contributed by atoms with Gasteiger partial charge in [-0.2, -0.15) is 0 Å². The second kappa shape index (κ2) is 6.71. The first kappa shape index (κ1) is 16.0. The van der Waals surface area contributed by atoms with E-state index >= 15 is 0 Å². The Bertz CT molecular complexity index is 903. The number of benzene rings is 2. The summed E-state index contributed by atoms with van der Waals surface area (Å²) in [5.41, 5.74) is 5.41. The number of nitrogens with zero attached hydrogens (tertiary/aromatic N) is 1. The first-order chi connectivity index (χ1) is 11.6. The van der Waals surface area contributed by atoms with Crippen LogP contribution in [0.25, 0.3) is 10.9 Å². The summed E-state index contributed by atoms with van der Waals surface area (Å²) in [5.74, 6) is -0.318. The van der Waals surface area contributed by atoms with Crippen LogP contribution in [0.4, 0.5) is 11.4 Å². The van der Waals surface area contributed by atoms with Crippen molar-refractivity contribution >= 4 is 28.2 Å². The largest absolute Gasteiger partial charge is 0.462 e. The second-order valence-corrected chi connectivity index (χ2v) is 5.70. The number of para-hydroxylation sites is 1. The summed E-state index contributed by atoms with van der Waals surface area (Å²) >= 11 is 0. The van der Waals surface area contributed by atoms with E-state index in [9.17, 15) is 4.79 Å². The summed E-state index contributed by atoms with van der Waals surface area (Å²) in [5, 5.41) is 4.36. The van der Waals surface area contributed by atoms with E-state index in [0.717, 1.165) is 33.5 Å². The Labute approximate surface area is 141 Å². The van der Waals surface area contributed by atoms with Crippen LogP contribution >= 0.6 is 0 Å². The highest BCUT2D eigenvalue weighted by molar-refractivity contribution is 5.99. The summed E-state index contributed by atoms with van der Waals surface area (Å²) in [6.45, 7) is 6.18. The van der Waals surface area contributed by atoms with Crippen LogP contribution in [0.3, 0.4) is 0 Å². The number of ether oxygens (including phenoxy) is 1. The Balaban J connectivity index is 2.10. The Morgan fingerprint density at radius 2 is 1.88 bits per heavy atom. The summed E-state index contributed by atoms with van der Waals surface area (Å²) in [7, 11) is 0. The van der Waals surface area contributed by atoms with E-state index in [1.54, 1.807) is 13.0 Å². The smallest absolute Gasteiger partial charge is 0.338 e. The highest BCUT2D eigenvalue weighted by Crippen LogP contribution is 2.28. The lowest BCUT2D eigenvalue weighted by Crippen LogP contribution is -2.05. The maximum Gasteiger partial charge on any atom is 0.338 e. The lowest BCUT2D eigenvalue weighted by Gasteiger charge is -2.13. The van der Waals surface area contributed by atoms with Crippen molar-refractivity contribution in [2.75, 3.05) is 11.9 Å². The van der Waals surface area contributed by atoms with Gasteiger partial charge in [-0.3, -0.25) is 4.98 Å². The monoisotopic (exact) mass is 320 g/mol. The number of aryl methyl sites for hydroxylation is 2. The van der Waals surface area contributed by atoms with Gasteiger partial charge in [0.05, 0.1) is 17.7 Å². The van der Waals surface area contributed by atoms with E-state index in [4.69, 9.17) is 4.74 Å². The predicted octanol–water partition coefficient (Wildman–Crippen LogP) is 4.77. The van der Waals surface area contributed by atoms with Crippen molar-refractivity contribution in [2.24, 2.45) is 0 Å². The van der Waals surface area contributed by atoms with Gasteiger partial charge in [0, 0.05) is 22.5 Å². The summed E-state index contributed by atoms with van der Waals surface area (Å²) in [6, 6.07) is 15.5. The van der Waals surface area contributed by atoms with E-state index < -0.39 is 0 Å². The molecule has 0 amide bonds. The molecule has 1 N–H and O–H groups in total. The molecular formula is C20H20N2O2. The van der Waals surface area contributed by atoms with Gasteiger partial charge >= 0.3 is 5.97 Å². The molecule has 0 aliphatic heterocycles. The molecule has 0 unspecified atom stereocenters. The molecule has 3 aromatic rings. The number of hydrogen-bond acceptors (Lipinski definition) is 4. The first-order valence-electron chi connectivity index (χ1n) is 7.99. The van der Waals surface area contributed by atoms with Gasteiger partial charge in [0.1, 0.15) is 0 Å². The number of anilines is 2. The highest BCUT2D eigenvalue weighted by atomic mass is 16.5. The van der Waals surface area contributed by atoms with Gasteiger partial charge in [0.25, 0.3) is 0 Å². The van der Waals surface area contributed by atoms with Crippen molar-refractivity contribution in [3.8, 4) is 0 Å². The van der Waals surface area contributed by atoms with Crippen LogP contribution in [0.15, 0.2) is 48.5 Å². The number of carbonyl (C=O) groups is 1. The van der Waals surface area contributed by atoms with Crippen molar-refractivity contribution < 1.29 is 9.53 Å². The fraction of sp³-hybridized carbons (Fsp3) is 0.200. The SMILES string of the molecule is CCOC(=O)c1ccc2nc(C)cc(Nc3ccccc3C)c2c1. The second-order valence-electron chi connectivity index (χ2n) is 5.70. The Morgan fingerprint density at radius 1 is 1.08 bits per heavy atom. The maximum atomic E-state index is 12.0. The van der Waals surface area contributed by atoms with Gasteiger partial charge in [-0.1, -0.05) is 18.2 Å². The van der Waals surface area contributed by atoms with Crippen LogP contribution in [0.2, 0.25) is 0 Å². The molecule has 122 valence electrons. The van der Waals surface area contributed by atoms with E-state index in [0.29, 0.717) is 12.2 Å². The predicted molar refractivity (Wildman–Crippen MR) is 96.9 cm³/mol. The molecule has 4 heteroatoms. The molecule has 0 saturated carbocycles. The van der Waals surface area contributed by atoms with Gasteiger partial charge < -0.3 is 10.1 Å². The standard InChI is InChI=1S/C20H20N2O2/c1-4-24-20(23)15-9-10-18-16(12-15)19(11-14(3)21-18)22-17-8-6-5-7-13(17)2/h5-12H,4H2,1-3H3,(H,21,22). The fourth-order valence-electron chi connectivity index (χ4n) is 2.66. The van der Waals surface area contributed by atoms with Crippen LogP contribution in [0, 0.1) is 13.8 Å². The van der Waals surface area contributed by atoms with E-state index in [2.05, 4.69) is 23.3 Å². The van der Waals surface area contributed by atoms with Crippen molar-refractivity contribution in [2.45, 2.75) is 20.8 Å². The van der Waals surface area contributed by atoms with Gasteiger partial charge in [-0.05, 0) is 56.7 Å². The minimum absolute atomic E-state index is 0.318. The molecule has 3 rings (SSSR count). The molecule has 1 aromatic heterocycles. The molecule has 0 aliphatic carbocycles. The normalized spacial score (nSPS) is 10.6. The Hall–Kier alpha value is -2.88. The van der Waals surface area contributed by atoms with Gasteiger partial charge in [0.2, 0.25) is 0 Å². The van der Waals surface area contributed by atoms with Crippen molar-refractivity contribution in [1.82, 2.24) is 4.98 Å². The van der Waals surface area contributed by atoms with Crippen LogP contribution in [-0.2, 0) is 4.74 Å². The summed E-state index contributed by atoms with van der Waals surface area (Å²) < 4.78 is 5.10. The number of fused-ring (bicyclic) bond motifs is 1. The van der Waals surface area contributed by atoms with E-state index in [1.807, 2.05) is 43.3 Å².